The minimum atomic E-state index is -0.713. The van der Waals surface area contributed by atoms with Gasteiger partial charge in [0.15, 0.2) is 0 Å². The van der Waals surface area contributed by atoms with Gasteiger partial charge in [-0.25, -0.2) is 9.86 Å². The van der Waals surface area contributed by atoms with Crippen LogP contribution in [0.15, 0.2) is 12.7 Å². The van der Waals surface area contributed by atoms with Crippen LogP contribution in [0, 0.1) is 0 Å². The highest BCUT2D eigenvalue weighted by molar-refractivity contribution is 5.85. The molecule has 110 valence electrons. The Kier molecular flexibility index (Phi) is 6.55. The third-order valence-electron chi connectivity index (χ3n) is 2.66. The lowest BCUT2D eigenvalue weighted by molar-refractivity contribution is -0.175. The molecule has 2 amide bonds. The Bertz CT molecular complexity index is 336. The lowest BCUT2D eigenvalue weighted by Gasteiger charge is -2.40. The van der Waals surface area contributed by atoms with Crippen LogP contribution < -0.4 is 0 Å². The van der Waals surface area contributed by atoms with E-state index in [1.807, 2.05) is 20.8 Å². The first-order valence-electron chi connectivity index (χ1n) is 6.00. The highest BCUT2D eigenvalue weighted by Crippen LogP contribution is 2.22. The van der Waals surface area contributed by atoms with Crippen LogP contribution in [0.3, 0.4) is 0 Å². The maximum Gasteiger partial charge on any atom is 0.410 e. The van der Waals surface area contributed by atoms with E-state index >= 15 is 0 Å². The number of ether oxygens (including phenoxy) is 1. The van der Waals surface area contributed by atoms with E-state index in [1.165, 1.54) is 26.2 Å². The SMILES string of the molecule is C=CCC(C(=O)N(C)OC)N(C(=O)OC)C(C)(C)C. The molecular weight excluding hydrogens is 248 g/mol. The van der Waals surface area contributed by atoms with Crippen molar-refractivity contribution in [2.45, 2.75) is 38.8 Å². The second-order valence-corrected chi connectivity index (χ2v) is 5.07. The number of carbonyl (C=O) groups excluding carboxylic acids is 2. The normalized spacial score (nSPS) is 12.5. The van der Waals surface area contributed by atoms with Gasteiger partial charge in [0.1, 0.15) is 6.04 Å². The molecule has 0 aliphatic heterocycles. The predicted molar refractivity (Wildman–Crippen MR) is 72.4 cm³/mol. The molecule has 6 nitrogen and oxygen atoms in total. The molecule has 0 rings (SSSR count). The lowest BCUT2D eigenvalue weighted by atomic mass is 10.0. The second-order valence-electron chi connectivity index (χ2n) is 5.07. The van der Waals surface area contributed by atoms with Crippen molar-refractivity contribution in [3.63, 3.8) is 0 Å². The maximum atomic E-state index is 12.3. The molecule has 0 saturated heterocycles. The van der Waals surface area contributed by atoms with Gasteiger partial charge in [-0.3, -0.25) is 14.5 Å². The van der Waals surface area contributed by atoms with Crippen LogP contribution in [0.25, 0.3) is 0 Å². The van der Waals surface area contributed by atoms with Gasteiger partial charge in [-0.1, -0.05) is 6.08 Å². The first kappa shape index (κ1) is 17.4. The van der Waals surface area contributed by atoms with Crippen molar-refractivity contribution in [1.29, 1.82) is 0 Å². The number of likely N-dealkylation sites (N-methyl/N-ethyl adjacent to an activating group) is 1. The quantitative estimate of drug-likeness (QED) is 0.566. The fourth-order valence-electron chi connectivity index (χ4n) is 1.74. The monoisotopic (exact) mass is 272 g/mol. The molecule has 0 spiro atoms. The third-order valence-corrected chi connectivity index (χ3v) is 2.66. The molecule has 0 aromatic rings. The number of carbonyl (C=O) groups is 2. The summed E-state index contributed by atoms with van der Waals surface area (Å²) in [6.07, 6.45) is 1.35. The molecule has 19 heavy (non-hydrogen) atoms. The van der Waals surface area contributed by atoms with Crippen LogP contribution in [0.4, 0.5) is 4.79 Å². The van der Waals surface area contributed by atoms with Gasteiger partial charge in [0, 0.05) is 12.6 Å². The van der Waals surface area contributed by atoms with Gasteiger partial charge in [0.2, 0.25) is 0 Å². The number of amides is 2. The number of hydrogen-bond donors (Lipinski definition) is 0. The molecule has 0 fully saturated rings. The summed E-state index contributed by atoms with van der Waals surface area (Å²) < 4.78 is 4.77. The number of nitrogens with zero attached hydrogens (tertiary/aromatic N) is 2. The molecule has 0 aliphatic rings. The zero-order valence-electron chi connectivity index (χ0n) is 12.6. The molecular formula is C13H24N2O4. The predicted octanol–water partition coefficient (Wildman–Crippen LogP) is 1.82. The number of rotatable bonds is 5. The van der Waals surface area contributed by atoms with Crippen molar-refractivity contribution in [2.75, 3.05) is 21.3 Å². The van der Waals surface area contributed by atoms with Gasteiger partial charge in [0.25, 0.3) is 5.91 Å². The van der Waals surface area contributed by atoms with E-state index in [9.17, 15) is 9.59 Å². The van der Waals surface area contributed by atoms with Crippen molar-refractivity contribution < 1.29 is 19.2 Å². The molecule has 0 saturated carbocycles. The third kappa shape index (κ3) is 4.55. The molecule has 0 aromatic carbocycles. The first-order valence-corrected chi connectivity index (χ1v) is 6.00. The summed E-state index contributed by atoms with van der Waals surface area (Å²) in [5.41, 5.74) is -0.564. The zero-order valence-corrected chi connectivity index (χ0v) is 12.6. The van der Waals surface area contributed by atoms with Gasteiger partial charge in [-0.05, 0) is 27.2 Å². The van der Waals surface area contributed by atoms with Crippen LogP contribution in [0.5, 0.6) is 0 Å². The Hall–Kier alpha value is -1.56. The molecule has 1 atom stereocenters. The largest absolute Gasteiger partial charge is 0.453 e. The zero-order chi connectivity index (χ0) is 15.2. The highest BCUT2D eigenvalue weighted by atomic mass is 16.7. The van der Waals surface area contributed by atoms with E-state index in [0.29, 0.717) is 6.42 Å². The molecule has 0 aliphatic carbocycles. The van der Waals surface area contributed by atoms with E-state index in [4.69, 9.17) is 9.57 Å². The minimum Gasteiger partial charge on any atom is -0.453 e. The van der Waals surface area contributed by atoms with Crippen LogP contribution in [0.2, 0.25) is 0 Å². The fourth-order valence-corrected chi connectivity index (χ4v) is 1.74. The van der Waals surface area contributed by atoms with Crippen LogP contribution in [-0.4, -0.2) is 54.8 Å². The van der Waals surface area contributed by atoms with Gasteiger partial charge in [-0.2, -0.15) is 0 Å². The minimum absolute atomic E-state index is 0.318. The first-order chi connectivity index (χ1) is 8.70. The summed E-state index contributed by atoms with van der Waals surface area (Å²) in [6.45, 7) is 9.13. The molecule has 0 heterocycles. The molecule has 6 heteroatoms. The van der Waals surface area contributed by atoms with Crippen molar-refractivity contribution >= 4 is 12.0 Å². The molecule has 1 unspecified atom stereocenters. The second kappa shape index (κ2) is 7.13. The van der Waals surface area contributed by atoms with E-state index < -0.39 is 17.7 Å². The smallest absolute Gasteiger partial charge is 0.410 e. The van der Waals surface area contributed by atoms with Crippen LogP contribution in [0.1, 0.15) is 27.2 Å². The summed E-state index contributed by atoms with van der Waals surface area (Å²) in [7, 11) is 4.18. The van der Waals surface area contributed by atoms with Crippen LogP contribution >= 0.6 is 0 Å². The summed E-state index contributed by atoms with van der Waals surface area (Å²) in [4.78, 5) is 30.5. The van der Waals surface area contributed by atoms with Crippen molar-refractivity contribution in [1.82, 2.24) is 9.96 Å². The molecule has 0 bridgehead atoms. The van der Waals surface area contributed by atoms with Gasteiger partial charge in [-0.15, -0.1) is 6.58 Å². The summed E-state index contributed by atoms with van der Waals surface area (Å²) in [5, 5.41) is 1.09. The van der Waals surface area contributed by atoms with E-state index in [-0.39, 0.29) is 5.91 Å². The van der Waals surface area contributed by atoms with E-state index in [1.54, 1.807) is 6.08 Å². The topological polar surface area (TPSA) is 59.1 Å². The Morgan fingerprint density at radius 2 is 1.84 bits per heavy atom. The van der Waals surface area contributed by atoms with Crippen molar-refractivity contribution in [3.8, 4) is 0 Å². The van der Waals surface area contributed by atoms with Crippen molar-refractivity contribution in [2.24, 2.45) is 0 Å². The molecule has 0 aromatic heterocycles. The van der Waals surface area contributed by atoms with Crippen LogP contribution in [-0.2, 0) is 14.4 Å². The number of hydroxylamine groups is 2. The van der Waals surface area contributed by atoms with Crippen molar-refractivity contribution in [3.05, 3.63) is 12.7 Å². The average molecular weight is 272 g/mol. The average Bonchev–Trinajstić information content (AvgIpc) is 2.34. The standard InChI is InChI=1S/C13H24N2O4/c1-8-9-10(11(16)14(5)19-7)15(12(17)18-6)13(2,3)4/h8,10H,1,9H2,2-7H3. The Morgan fingerprint density at radius 3 is 2.16 bits per heavy atom. The molecule has 0 radical (unpaired) electrons. The van der Waals surface area contributed by atoms with Gasteiger partial charge in [0.05, 0.1) is 14.2 Å². The highest BCUT2D eigenvalue weighted by Gasteiger charge is 2.38. The lowest BCUT2D eigenvalue weighted by Crippen LogP contribution is -2.57. The Labute approximate surface area is 114 Å². The summed E-state index contributed by atoms with van der Waals surface area (Å²) >= 11 is 0. The van der Waals surface area contributed by atoms with Gasteiger partial charge >= 0.3 is 6.09 Å². The Balaban J connectivity index is 5.46. The Morgan fingerprint density at radius 1 is 1.32 bits per heavy atom. The molecule has 0 N–H and O–H groups in total. The van der Waals surface area contributed by atoms with E-state index in [0.717, 1.165) is 5.06 Å². The van der Waals surface area contributed by atoms with E-state index in [2.05, 4.69) is 6.58 Å². The maximum absolute atomic E-state index is 12.3. The van der Waals surface area contributed by atoms with Gasteiger partial charge < -0.3 is 4.74 Å². The summed E-state index contributed by atoms with van der Waals surface area (Å²) in [5.74, 6) is -0.331. The number of hydrogen-bond acceptors (Lipinski definition) is 4. The number of methoxy groups -OCH3 is 1. The summed E-state index contributed by atoms with van der Waals surface area (Å²) in [6, 6.07) is -0.713. The fraction of sp³-hybridized carbons (Fsp3) is 0.692.